The molecular formula is C15H13N3O2S2. The summed E-state index contributed by atoms with van der Waals surface area (Å²) in [5, 5.41) is 12.9. The van der Waals surface area contributed by atoms with Crippen molar-refractivity contribution in [1.29, 1.82) is 0 Å². The highest BCUT2D eigenvalue weighted by Gasteiger charge is 2.30. The Hall–Kier alpha value is -2.12. The van der Waals surface area contributed by atoms with Crippen molar-refractivity contribution in [2.45, 2.75) is 6.92 Å². The number of amides is 1. The molecule has 1 N–H and O–H groups in total. The Labute approximate surface area is 136 Å². The van der Waals surface area contributed by atoms with Crippen LogP contribution >= 0.6 is 23.1 Å². The first-order valence-electron chi connectivity index (χ1n) is 6.51. The van der Waals surface area contributed by atoms with E-state index in [2.05, 4.69) is 9.98 Å². The van der Waals surface area contributed by atoms with Crippen molar-refractivity contribution in [3.63, 3.8) is 0 Å². The molecule has 5 nitrogen and oxygen atoms in total. The summed E-state index contributed by atoms with van der Waals surface area (Å²) in [5.74, 6) is 0.00673. The Kier molecular flexibility index (Phi) is 4.00. The van der Waals surface area contributed by atoms with Gasteiger partial charge in [-0.3, -0.25) is 9.69 Å². The molecule has 1 aromatic heterocycles. The van der Waals surface area contributed by atoms with Crippen LogP contribution < -0.4 is 0 Å². The van der Waals surface area contributed by atoms with Gasteiger partial charge in [0.2, 0.25) is 5.13 Å². The second-order valence-electron chi connectivity index (χ2n) is 4.70. The Bertz CT molecular complexity index is 796. The number of thioether (sulfide) groups is 1. The van der Waals surface area contributed by atoms with Gasteiger partial charge in [-0.05, 0) is 30.8 Å². The lowest BCUT2D eigenvalue weighted by molar-refractivity contribution is -0.121. The number of aryl methyl sites for hydroxylation is 1. The molecule has 2 aromatic rings. The molecule has 2 heterocycles. The molecule has 3 rings (SSSR count). The van der Waals surface area contributed by atoms with Crippen LogP contribution in [0.2, 0.25) is 0 Å². The van der Waals surface area contributed by atoms with E-state index in [-0.39, 0.29) is 11.7 Å². The van der Waals surface area contributed by atoms with Crippen LogP contribution in [0.1, 0.15) is 11.3 Å². The minimum absolute atomic E-state index is 0.139. The number of benzene rings is 1. The van der Waals surface area contributed by atoms with Gasteiger partial charge in [0, 0.05) is 18.0 Å². The Morgan fingerprint density at radius 3 is 2.82 bits per heavy atom. The minimum atomic E-state index is -0.139. The van der Waals surface area contributed by atoms with Crippen LogP contribution in [0, 0.1) is 6.92 Å². The van der Waals surface area contributed by atoms with Gasteiger partial charge in [-0.15, -0.1) is 11.3 Å². The molecule has 7 heteroatoms. The lowest BCUT2D eigenvalue weighted by atomic mass is 10.2. The van der Waals surface area contributed by atoms with Crippen molar-refractivity contribution in [2.24, 2.45) is 4.99 Å². The molecule has 1 aliphatic rings. The van der Waals surface area contributed by atoms with Gasteiger partial charge in [-0.25, -0.2) is 4.98 Å². The first kappa shape index (κ1) is 14.8. The standard InChI is InChI=1S/C15H13N3O2S2/c1-9-8-21-14(16-9)17-15-18(2)13(20)12(22-15)7-10-5-3-4-6-11(10)19/h3-8,19H,1-2H3/b12-7-,17-15+. The zero-order chi connectivity index (χ0) is 15.7. The highest BCUT2D eigenvalue weighted by molar-refractivity contribution is 8.18. The van der Waals surface area contributed by atoms with Crippen LogP contribution in [-0.4, -0.2) is 33.1 Å². The Balaban J connectivity index is 1.92. The van der Waals surface area contributed by atoms with Crippen molar-refractivity contribution in [3.8, 4) is 5.75 Å². The van der Waals surface area contributed by atoms with E-state index >= 15 is 0 Å². The lowest BCUT2D eigenvalue weighted by Gasteiger charge is -2.05. The summed E-state index contributed by atoms with van der Waals surface area (Å²) in [6.07, 6.45) is 1.68. The number of phenols is 1. The molecule has 1 fully saturated rings. The van der Waals surface area contributed by atoms with E-state index in [1.54, 1.807) is 31.3 Å². The van der Waals surface area contributed by atoms with E-state index in [4.69, 9.17) is 0 Å². The molecule has 1 aromatic carbocycles. The summed E-state index contributed by atoms with van der Waals surface area (Å²) in [6, 6.07) is 6.90. The van der Waals surface area contributed by atoms with Gasteiger partial charge >= 0.3 is 0 Å². The molecule has 0 saturated carbocycles. The number of carbonyl (C=O) groups excluding carboxylic acids is 1. The SMILES string of the molecule is Cc1csc(/N=C2/S/C(=C\c3ccccc3O)C(=O)N2C)n1. The molecule has 1 saturated heterocycles. The van der Waals surface area contributed by atoms with E-state index in [0.29, 0.717) is 20.8 Å². The van der Waals surface area contributed by atoms with Crippen LogP contribution in [0.4, 0.5) is 5.13 Å². The first-order chi connectivity index (χ1) is 10.5. The Morgan fingerprint density at radius 2 is 2.14 bits per heavy atom. The van der Waals surface area contributed by atoms with Crippen LogP contribution in [0.15, 0.2) is 39.5 Å². The monoisotopic (exact) mass is 331 g/mol. The first-order valence-corrected chi connectivity index (χ1v) is 8.20. The zero-order valence-electron chi connectivity index (χ0n) is 12.0. The maximum atomic E-state index is 12.3. The van der Waals surface area contributed by atoms with Gasteiger partial charge in [0.05, 0.1) is 10.6 Å². The van der Waals surface area contributed by atoms with Gasteiger partial charge in [0.15, 0.2) is 5.17 Å². The van der Waals surface area contributed by atoms with Gasteiger partial charge in [0.25, 0.3) is 5.91 Å². The number of thiazole rings is 1. The summed E-state index contributed by atoms with van der Waals surface area (Å²) in [6.45, 7) is 1.90. The molecular weight excluding hydrogens is 318 g/mol. The highest BCUT2D eigenvalue weighted by atomic mass is 32.2. The molecule has 1 amide bonds. The molecule has 0 bridgehead atoms. The summed E-state index contributed by atoms with van der Waals surface area (Å²) in [7, 11) is 1.68. The van der Waals surface area contributed by atoms with Crippen LogP contribution in [0.25, 0.3) is 6.08 Å². The average molecular weight is 331 g/mol. The van der Waals surface area contributed by atoms with Gasteiger partial charge in [-0.1, -0.05) is 18.2 Å². The summed E-state index contributed by atoms with van der Waals surface area (Å²) in [4.78, 5) is 23.0. The zero-order valence-corrected chi connectivity index (χ0v) is 13.6. The maximum absolute atomic E-state index is 12.3. The third kappa shape index (κ3) is 2.90. The minimum Gasteiger partial charge on any atom is -0.507 e. The number of hydrogen-bond acceptors (Lipinski definition) is 6. The number of aromatic nitrogens is 1. The fraction of sp³-hybridized carbons (Fsp3) is 0.133. The van der Waals surface area contributed by atoms with Crippen LogP contribution in [-0.2, 0) is 4.79 Å². The average Bonchev–Trinajstić information content (AvgIpc) is 3.01. The number of amidine groups is 1. The smallest absolute Gasteiger partial charge is 0.266 e. The molecule has 0 atom stereocenters. The molecule has 0 aliphatic carbocycles. The quantitative estimate of drug-likeness (QED) is 0.857. The molecule has 22 heavy (non-hydrogen) atoms. The van der Waals surface area contributed by atoms with Crippen LogP contribution in [0.5, 0.6) is 5.75 Å². The third-order valence-electron chi connectivity index (χ3n) is 3.03. The molecule has 0 unspecified atom stereocenters. The fourth-order valence-corrected chi connectivity index (χ4v) is 3.56. The van der Waals surface area contributed by atoms with Crippen molar-refractivity contribution in [2.75, 3.05) is 7.05 Å². The second kappa shape index (κ2) is 5.94. The molecule has 112 valence electrons. The van der Waals surface area contributed by atoms with E-state index < -0.39 is 0 Å². The molecule has 0 spiro atoms. The molecule has 1 aliphatic heterocycles. The van der Waals surface area contributed by atoms with E-state index in [0.717, 1.165) is 5.69 Å². The van der Waals surface area contributed by atoms with Crippen molar-refractivity contribution in [1.82, 2.24) is 9.88 Å². The van der Waals surface area contributed by atoms with Crippen molar-refractivity contribution >= 4 is 45.4 Å². The Morgan fingerprint density at radius 1 is 1.36 bits per heavy atom. The van der Waals surface area contributed by atoms with Gasteiger partial charge in [0.1, 0.15) is 5.75 Å². The number of phenolic OH excluding ortho intramolecular Hbond substituents is 1. The summed E-state index contributed by atoms with van der Waals surface area (Å²) >= 11 is 2.72. The number of nitrogens with zero attached hydrogens (tertiary/aromatic N) is 3. The predicted molar refractivity (Wildman–Crippen MR) is 90.4 cm³/mol. The fourth-order valence-electron chi connectivity index (χ4n) is 1.88. The number of para-hydroxylation sites is 1. The highest BCUT2D eigenvalue weighted by Crippen LogP contribution is 2.34. The summed E-state index contributed by atoms with van der Waals surface area (Å²) < 4.78 is 0. The normalized spacial score (nSPS) is 18.6. The number of hydrogen-bond donors (Lipinski definition) is 1. The van der Waals surface area contributed by atoms with Gasteiger partial charge in [-0.2, -0.15) is 4.99 Å². The van der Waals surface area contributed by atoms with E-state index in [1.165, 1.54) is 28.0 Å². The predicted octanol–water partition coefficient (Wildman–Crippen LogP) is 3.39. The number of rotatable bonds is 2. The number of likely N-dealkylation sites (N-methyl/N-ethyl adjacent to an activating group) is 1. The lowest BCUT2D eigenvalue weighted by Crippen LogP contribution is -2.23. The number of aromatic hydroxyl groups is 1. The largest absolute Gasteiger partial charge is 0.507 e. The topological polar surface area (TPSA) is 65.8 Å². The van der Waals surface area contributed by atoms with E-state index in [1.807, 2.05) is 18.4 Å². The van der Waals surface area contributed by atoms with Crippen molar-refractivity contribution < 1.29 is 9.90 Å². The summed E-state index contributed by atoms with van der Waals surface area (Å²) in [5.41, 5.74) is 1.52. The van der Waals surface area contributed by atoms with Crippen LogP contribution in [0.3, 0.4) is 0 Å². The number of carbonyl (C=O) groups is 1. The maximum Gasteiger partial charge on any atom is 0.266 e. The number of aliphatic imine (C=N–C) groups is 1. The van der Waals surface area contributed by atoms with Crippen molar-refractivity contribution in [3.05, 3.63) is 45.8 Å². The molecule has 0 radical (unpaired) electrons. The van der Waals surface area contributed by atoms with Gasteiger partial charge < -0.3 is 5.11 Å². The second-order valence-corrected chi connectivity index (χ2v) is 6.55. The van der Waals surface area contributed by atoms with E-state index in [9.17, 15) is 9.90 Å². The third-order valence-corrected chi connectivity index (χ3v) is 4.94.